The molecule has 1 atom stereocenters. The number of hydrogen-bond donors (Lipinski definition) is 1. The number of hydrogen-bond acceptors (Lipinski definition) is 5. The topological polar surface area (TPSA) is 76.7 Å². The van der Waals surface area contributed by atoms with Crippen molar-refractivity contribution in [2.24, 2.45) is 0 Å². The van der Waals surface area contributed by atoms with Gasteiger partial charge in [-0.2, -0.15) is 5.10 Å². The first kappa shape index (κ1) is 22.5. The van der Waals surface area contributed by atoms with Gasteiger partial charge in [0.15, 0.2) is 0 Å². The average molecular weight is 470 g/mol. The van der Waals surface area contributed by atoms with Crippen molar-refractivity contribution in [2.45, 2.75) is 19.9 Å². The maximum Gasteiger partial charge on any atom is 0.277 e. The fourth-order valence-electron chi connectivity index (χ4n) is 4.51. The van der Waals surface area contributed by atoms with Gasteiger partial charge in [-0.1, -0.05) is 12.1 Å². The largest absolute Gasteiger partial charge is 0.497 e. The third kappa shape index (κ3) is 4.10. The molecule has 0 aliphatic carbocycles. The molecule has 7 heteroatoms. The zero-order valence-electron chi connectivity index (χ0n) is 19.9. The van der Waals surface area contributed by atoms with Crippen molar-refractivity contribution in [1.82, 2.24) is 10.2 Å². The lowest BCUT2D eigenvalue weighted by Gasteiger charge is -2.27. The number of ether oxygens (including phenoxy) is 3. The number of carbonyl (C=O) groups is 1. The molecule has 1 amide bonds. The summed E-state index contributed by atoms with van der Waals surface area (Å²) in [5, 5.41) is 7.56. The minimum absolute atomic E-state index is 0.137. The van der Waals surface area contributed by atoms with E-state index in [9.17, 15) is 4.79 Å². The summed E-state index contributed by atoms with van der Waals surface area (Å²) < 4.78 is 16.7. The SMILES string of the molecule is CCOc1ccc(-c2n[nH]c3c2[C@@H](c2cccc(OC)c2)N(c2ccc(OCC)cc2)C3=O)cc1. The number of anilines is 1. The van der Waals surface area contributed by atoms with Gasteiger partial charge in [-0.15, -0.1) is 0 Å². The molecule has 0 unspecified atom stereocenters. The van der Waals surface area contributed by atoms with Crippen LogP contribution in [0.3, 0.4) is 0 Å². The normalized spacial score (nSPS) is 14.7. The first-order valence-corrected chi connectivity index (χ1v) is 11.7. The summed E-state index contributed by atoms with van der Waals surface area (Å²) in [6.45, 7) is 5.07. The molecule has 0 saturated heterocycles. The van der Waals surface area contributed by atoms with Gasteiger partial charge < -0.3 is 14.2 Å². The number of aromatic nitrogens is 2. The van der Waals surface area contributed by atoms with Crippen LogP contribution in [0.25, 0.3) is 11.3 Å². The molecule has 2 heterocycles. The van der Waals surface area contributed by atoms with Gasteiger partial charge in [-0.05, 0) is 80.1 Å². The Labute approximate surface area is 204 Å². The number of nitrogens with one attached hydrogen (secondary N) is 1. The number of H-pyrrole nitrogens is 1. The van der Waals surface area contributed by atoms with Crippen LogP contribution in [0.1, 0.15) is 41.5 Å². The predicted molar refractivity (Wildman–Crippen MR) is 134 cm³/mol. The molecule has 1 aliphatic rings. The number of benzene rings is 3. The number of fused-ring (bicyclic) bond motifs is 1. The molecule has 5 rings (SSSR count). The van der Waals surface area contributed by atoms with Crippen LogP contribution in [0.15, 0.2) is 72.8 Å². The van der Waals surface area contributed by atoms with Gasteiger partial charge in [-0.3, -0.25) is 14.8 Å². The van der Waals surface area contributed by atoms with Crippen LogP contribution < -0.4 is 19.1 Å². The molecule has 0 radical (unpaired) electrons. The summed E-state index contributed by atoms with van der Waals surface area (Å²) in [6.07, 6.45) is 0. The van der Waals surface area contributed by atoms with E-state index >= 15 is 0 Å². The highest BCUT2D eigenvalue weighted by atomic mass is 16.5. The Balaban J connectivity index is 1.63. The standard InChI is InChI=1S/C28H27N3O4/c1-4-34-21-13-9-18(10-14-21)25-24-26(30-29-25)28(32)31(20-11-15-22(16-12-20)35-5-2)27(24)19-7-6-8-23(17-19)33-3/h6-17,27H,4-5H2,1-3H3,(H,29,30)/t27-/m1/s1. The Kier molecular flexibility index (Phi) is 6.14. The third-order valence-electron chi connectivity index (χ3n) is 6.04. The summed E-state index contributed by atoms with van der Waals surface area (Å²) in [6, 6.07) is 22.8. The molecular formula is C28H27N3O4. The monoisotopic (exact) mass is 469 g/mol. The van der Waals surface area contributed by atoms with Crippen molar-refractivity contribution in [3.8, 4) is 28.5 Å². The van der Waals surface area contributed by atoms with E-state index in [0.717, 1.165) is 45.3 Å². The van der Waals surface area contributed by atoms with Crippen LogP contribution in [0, 0.1) is 0 Å². The van der Waals surface area contributed by atoms with E-state index in [1.54, 1.807) is 12.0 Å². The number of carbonyl (C=O) groups excluding carboxylic acids is 1. The molecule has 0 saturated carbocycles. The Morgan fingerprint density at radius 3 is 2.17 bits per heavy atom. The molecule has 1 N–H and O–H groups in total. The molecule has 0 spiro atoms. The minimum atomic E-state index is -0.383. The molecule has 35 heavy (non-hydrogen) atoms. The van der Waals surface area contributed by atoms with Crippen molar-refractivity contribution in [2.75, 3.05) is 25.2 Å². The fourth-order valence-corrected chi connectivity index (χ4v) is 4.51. The molecule has 1 aromatic heterocycles. The van der Waals surface area contributed by atoms with Crippen LogP contribution in [0.2, 0.25) is 0 Å². The Morgan fingerprint density at radius 1 is 0.886 bits per heavy atom. The Morgan fingerprint density at radius 2 is 1.54 bits per heavy atom. The maximum absolute atomic E-state index is 13.7. The van der Waals surface area contributed by atoms with Crippen molar-refractivity contribution >= 4 is 11.6 Å². The van der Waals surface area contributed by atoms with Crippen LogP contribution in [0.5, 0.6) is 17.2 Å². The quantitative estimate of drug-likeness (QED) is 0.362. The van der Waals surface area contributed by atoms with Crippen molar-refractivity contribution in [3.63, 3.8) is 0 Å². The molecular weight excluding hydrogens is 442 g/mol. The van der Waals surface area contributed by atoms with E-state index in [-0.39, 0.29) is 11.9 Å². The lowest BCUT2D eigenvalue weighted by atomic mass is 9.95. The lowest BCUT2D eigenvalue weighted by Crippen LogP contribution is -2.29. The number of rotatable bonds is 8. The van der Waals surface area contributed by atoms with Gasteiger partial charge in [-0.25, -0.2) is 0 Å². The van der Waals surface area contributed by atoms with E-state index in [2.05, 4.69) is 10.2 Å². The van der Waals surface area contributed by atoms with Crippen LogP contribution in [0.4, 0.5) is 5.69 Å². The summed E-state index contributed by atoms with van der Waals surface area (Å²) in [5.41, 5.74) is 4.65. The van der Waals surface area contributed by atoms with Gasteiger partial charge in [0.1, 0.15) is 22.9 Å². The fraction of sp³-hybridized carbons (Fsp3) is 0.214. The summed E-state index contributed by atoms with van der Waals surface area (Å²) in [4.78, 5) is 15.5. The third-order valence-corrected chi connectivity index (χ3v) is 6.04. The van der Waals surface area contributed by atoms with Crippen LogP contribution in [-0.2, 0) is 0 Å². The molecule has 3 aromatic carbocycles. The Bertz CT molecular complexity index is 1330. The lowest BCUT2D eigenvalue weighted by molar-refractivity contribution is 0.0988. The summed E-state index contributed by atoms with van der Waals surface area (Å²) in [7, 11) is 1.64. The Hall–Kier alpha value is -4.26. The van der Waals surface area contributed by atoms with E-state index < -0.39 is 0 Å². The van der Waals surface area contributed by atoms with Crippen molar-refractivity contribution in [3.05, 3.63) is 89.6 Å². The van der Waals surface area contributed by atoms with Crippen LogP contribution in [-0.4, -0.2) is 36.4 Å². The molecule has 0 bridgehead atoms. The average Bonchev–Trinajstić information content (AvgIpc) is 3.44. The predicted octanol–water partition coefficient (Wildman–Crippen LogP) is 5.63. The number of nitrogens with zero attached hydrogens (tertiary/aromatic N) is 2. The second-order valence-electron chi connectivity index (χ2n) is 8.10. The summed E-state index contributed by atoms with van der Waals surface area (Å²) >= 11 is 0. The van der Waals surface area contributed by atoms with E-state index in [4.69, 9.17) is 14.2 Å². The van der Waals surface area contributed by atoms with E-state index in [1.807, 2.05) is 86.6 Å². The van der Waals surface area contributed by atoms with Crippen LogP contribution >= 0.6 is 0 Å². The minimum Gasteiger partial charge on any atom is -0.497 e. The van der Waals surface area contributed by atoms with Gasteiger partial charge in [0, 0.05) is 16.8 Å². The number of amides is 1. The molecule has 1 aliphatic heterocycles. The second kappa shape index (κ2) is 9.54. The van der Waals surface area contributed by atoms with E-state index in [0.29, 0.717) is 18.9 Å². The highest BCUT2D eigenvalue weighted by Gasteiger charge is 2.43. The van der Waals surface area contributed by atoms with Gasteiger partial charge >= 0.3 is 0 Å². The summed E-state index contributed by atoms with van der Waals surface area (Å²) in [5.74, 6) is 2.14. The maximum atomic E-state index is 13.7. The smallest absolute Gasteiger partial charge is 0.277 e. The zero-order chi connectivity index (χ0) is 24.4. The first-order chi connectivity index (χ1) is 17.1. The van der Waals surface area contributed by atoms with Gasteiger partial charge in [0.25, 0.3) is 5.91 Å². The number of methoxy groups -OCH3 is 1. The highest BCUT2D eigenvalue weighted by Crippen LogP contribution is 2.45. The van der Waals surface area contributed by atoms with Crippen molar-refractivity contribution < 1.29 is 19.0 Å². The van der Waals surface area contributed by atoms with E-state index in [1.165, 1.54) is 0 Å². The molecule has 178 valence electrons. The molecule has 4 aromatic rings. The second-order valence-corrected chi connectivity index (χ2v) is 8.10. The van der Waals surface area contributed by atoms with Gasteiger partial charge in [0.2, 0.25) is 0 Å². The van der Waals surface area contributed by atoms with Crippen molar-refractivity contribution in [1.29, 1.82) is 0 Å². The highest BCUT2D eigenvalue weighted by molar-refractivity contribution is 6.11. The van der Waals surface area contributed by atoms with Gasteiger partial charge in [0.05, 0.1) is 32.1 Å². The molecule has 7 nitrogen and oxygen atoms in total. The molecule has 0 fully saturated rings. The number of aromatic amines is 1. The zero-order valence-corrected chi connectivity index (χ0v) is 19.9. The first-order valence-electron chi connectivity index (χ1n) is 11.7.